The summed E-state index contributed by atoms with van der Waals surface area (Å²) in [5.41, 5.74) is 6.44. The van der Waals surface area contributed by atoms with Crippen LogP contribution in [-0.4, -0.2) is 44.6 Å². The van der Waals surface area contributed by atoms with E-state index >= 15 is 0 Å². The van der Waals surface area contributed by atoms with Crippen LogP contribution in [0.1, 0.15) is 17.3 Å². The van der Waals surface area contributed by atoms with Crippen LogP contribution in [0.15, 0.2) is 12.3 Å². The third kappa shape index (κ3) is 3.37. The SMILES string of the molecule is CNC(=O)C(C)CN(C)c1nccc(C(=O)OC)c1N. The van der Waals surface area contributed by atoms with E-state index in [4.69, 9.17) is 5.73 Å². The predicted molar refractivity (Wildman–Crippen MR) is 76.5 cm³/mol. The van der Waals surface area contributed by atoms with Crippen molar-refractivity contribution in [2.45, 2.75) is 6.92 Å². The molecule has 20 heavy (non-hydrogen) atoms. The van der Waals surface area contributed by atoms with Gasteiger partial charge in [-0.3, -0.25) is 4.79 Å². The quantitative estimate of drug-likeness (QED) is 0.751. The van der Waals surface area contributed by atoms with Crippen molar-refractivity contribution in [3.63, 3.8) is 0 Å². The Hall–Kier alpha value is -2.31. The van der Waals surface area contributed by atoms with E-state index in [0.717, 1.165) is 0 Å². The highest BCUT2D eigenvalue weighted by Crippen LogP contribution is 2.24. The highest BCUT2D eigenvalue weighted by molar-refractivity contribution is 5.97. The second-order valence-corrected chi connectivity index (χ2v) is 4.48. The van der Waals surface area contributed by atoms with Gasteiger partial charge in [0, 0.05) is 26.8 Å². The highest BCUT2D eigenvalue weighted by atomic mass is 16.5. The Kier molecular flexibility index (Phi) is 5.31. The Morgan fingerprint density at radius 3 is 2.75 bits per heavy atom. The lowest BCUT2D eigenvalue weighted by Crippen LogP contribution is -2.35. The molecule has 0 fully saturated rings. The number of methoxy groups -OCH3 is 1. The van der Waals surface area contributed by atoms with Gasteiger partial charge in [0.1, 0.15) is 0 Å². The van der Waals surface area contributed by atoms with Crippen molar-refractivity contribution < 1.29 is 14.3 Å². The molecule has 0 saturated heterocycles. The maximum atomic E-state index is 11.6. The molecule has 1 rings (SSSR count). The van der Waals surface area contributed by atoms with E-state index in [-0.39, 0.29) is 23.1 Å². The average Bonchev–Trinajstić information content (AvgIpc) is 2.45. The molecule has 1 heterocycles. The topological polar surface area (TPSA) is 97.5 Å². The summed E-state index contributed by atoms with van der Waals surface area (Å²) in [7, 11) is 4.64. The van der Waals surface area contributed by atoms with Gasteiger partial charge in [-0.2, -0.15) is 0 Å². The molecule has 3 N–H and O–H groups in total. The van der Waals surface area contributed by atoms with Crippen molar-refractivity contribution in [1.29, 1.82) is 0 Å². The summed E-state index contributed by atoms with van der Waals surface area (Å²) in [6.07, 6.45) is 1.49. The second kappa shape index (κ2) is 6.74. The smallest absolute Gasteiger partial charge is 0.340 e. The minimum atomic E-state index is -0.515. The molecule has 1 amide bonds. The number of hydrogen-bond donors (Lipinski definition) is 2. The fraction of sp³-hybridized carbons (Fsp3) is 0.462. The summed E-state index contributed by atoms with van der Waals surface area (Å²) < 4.78 is 4.66. The molecule has 0 aliphatic rings. The normalized spacial score (nSPS) is 11.6. The number of nitrogen functional groups attached to an aromatic ring is 1. The summed E-state index contributed by atoms with van der Waals surface area (Å²) in [6.45, 7) is 2.23. The van der Waals surface area contributed by atoms with Gasteiger partial charge in [0.05, 0.1) is 24.3 Å². The molecule has 1 aromatic heterocycles. The molecule has 1 unspecified atom stereocenters. The molecule has 0 spiro atoms. The van der Waals surface area contributed by atoms with E-state index in [9.17, 15) is 9.59 Å². The van der Waals surface area contributed by atoms with Crippen LogP contribution in [0.4, 0.5) is 11.5 Å². The van der Waals surface area contributed by atoms with Crippen LogP contribution in [-0.2, 0) is 9.53 Å². The summed E-state index contributed by atoms with van der Waals surface area (Å²) in [5.74, 6) is -0.366. The molecule has 7 heteroatoms. The Morgan fingerprint density at radius 2 is 2.20 bits per heavy atom. The van der Waals surface area contributed by atoms with Crippen LogP contribution in [0.2, 0.25) is 0 Å². The number of ether oxygens (including phenoxy) is 1. The number of hydrogen-bond acceptors (Lipinski definition) is 6. The zero-order chi connectivity index (χ0) is 15.3. The molecule has 110 valence electrons. The van der Waals surface area contributed by atoms with Crippen molar-refractivity contribution in [2.24, 2.45) is 5.92 Å². The fourth-order valence-electron chi connectivity index (χ4n) is 1.88. The molecule has 0 aliphatic heterocycles. The monoisotopic (exact) mass is 280 g/mol. The predicted octanol–water partition coefficient (Wildman–Crippen LogP) is 0.269. The minimum absolute atomic E-state index is 0.0699. The first kappa shape index (κ1) is 15.7. The first-order chi connectivity index (χ1) is 9.42. The van der Waals surface area contributed by atoms with Gasteiger partial charge in [0.2, 0.25) is 5.91 Å². The van der Waals surface area contributed by atoms with Gasteiger partial charge in [0.15, 0.2) is 5.82 Å². The second-order valence-electron chi connectivity index (χ2n) is 4.48. The summed E-state index contributed by atoms with van der Waals surface area (Å²) in [4.78, 5) is 29.0. The van der Waals surface area contributed by atoms with Gasteiger partial charge in [0.25, 0.3) is 0 Å². The number of carbonyl (C=O) groups is 2. The molecular weight excluding hydrogens is 260 g/mol. The molecule has 1 atom stereocenters. The maximum Gasteiger partial charge on any atom is 0.340 e. The van der Waals surface area contributed by atoms with E-state index in [1.807, 2.05) is 0 Å². The van der Waals surface area contributed by atoms with Gasteiger partial charge in [-0.15, -0.1) is 0 Å². The molecule has 1 aromatic rings. The van der Waals surface area contributed by atoms with Crippen molar-refractivity contribution in [3.8, 4) is 0 Å². The number of rotatable bonds is 5. The molecular formula is C13H20N4O3. The zero-order valence-electron chi connectivity index (χ0n) is 12.1. The van der Waals surface area contributed by atoms with Crippen molar-refractivity contribution in [2.75, 3.05) is 38.4 Å². The standard InChI is InChI=1S/C13H20N4O3/c1-8(12(18)15-2)7-17(3)11-10(14)9(5-6-16-11)13(19)20-4/h5-6,8H,7,14H2,1-4H3,(H,15,18). The molecule has 0 saturated carbocycles. The van der Waals surface area contributed by atoms with Gasteiger partial charge >= 0.3 is 5.97 Å². The highest BCUT2D eigenvalue weighted by Gasteiger charge is 2.19. The fourth-order valence-corrected chi connectivity index (χ4v) is 1.88. The molecule has 0 aromatic carbocycles. The number of anilines is 2. The number of carbonyl (C=O) groups excluding carboxylic acids is 2. The van der Waals surface area contributed by atoms with Crippen molar-refractivity contribution >= 4 is 23.4 Å². The lowest BCUT2D eigenvalue weighted by atomic mass is 10.1. The molecule has 0 aliphatic carbocycles. The van der Waals surface area contributed by atoms with Crippen LogP contribution in [0.5, 0.6) is 0 Å². The number of nitrogens with zero attached hydrogens (tertiary/aromatic N) is 2. The van der Waals surface area contributed by atoms with Crippen LogP contribution in [0.25, 0.3) is 0 Å². The van der Waals surface area contributed by atoms with Gasteiger partial charge in [-0.1, -0.05) is 6.92 Å². The van der Waals surface area contributed by atoms with Crippen LogP contribution < -0.4 is 16.0 Å². The first-order valence-corrected chi connectivity index (χ1v) is 6.17. The molecule has 7 nitrogen and oxygen atoms in total. The number of amides is 1. The third-order valence-corrected chi connectivity index (χ3v) is 2.98. The number of aromatic nitrogens is 1. The van der Waals surface area contributed by atoms with Crippen molar-refractivity contribution in [1.82, 2.24) is 10.3 Å². The van der Waals surface area contributed by atoms with Crippen LogP contribution >= 0.6 is 0 Å². The van der Waals surface area contributed by atoms with Gasteiger partial charge < -0.3 is 20.7 Å². The van der Waals surface area contributed by atoms with Gasteiger partial charge in [-0.25, -0.2) is 9.78 Å². The third-order valence-electron chi connectivity index (χ3n) is 2.98. The number of esters is 1. The van der Waals surface area contributed by atoms with E-state index in [1.54, 1.807) is 25.9 Å². The largest absolute Gasteiger partial charge is 0.465 e. The van der Waals surface area contributed by atoms with Crippen LogP contribution in [0.3, 0.4) is 0 Å². The van der Waals surface area contributed by atoms with E-state index in [1.165, 1.54) is 19.4 Å². The lowest BCUT2D eigenvalue weighted by molar-refractivity contribution is -0.123. The van der Waals surface area contributed by atoms with E-state index in [2.05, 4.69) is 15.0 Å². The molecule has 0 radical (unpaired) electrons. The average molecular weight is 280 g/mol. The van der Waals surface area contributed by atoms with E-state index in [0.29, 0.717) is 12.4 Å². The summed E-state index contributed by atoms with van der Waals surface area (Å²) in [6, 6.07) is 1.50. The minimum Gasteiger partial charge on any atom is -0.465 e. The Morgan fingerprint density at radius 1 is 1.55 bits per heavy atom. The van der Waals surface area contributed by atoms with Crippen molar-refractivity contribution in [3.05, 3.63) is 17.8 Å². The van der Waals surface area contributed by atoms with E-state index < -0.39 is 5.97 Å². The molecule has 0 bridgehead atoms. The maximum absolute atomic E-state index is 11.6. The Labute approximate surface area is 118 Å². The summed E-state index contributed by atoms with van der Waals surface area (Å²) >= 11 is 0. The first-order valence-electron chi connectivity index (χ1n) is 6.17. The van der Waals surface area contributed by atoms with Crippen LogP contribution in [0, 0.1) is 5.92 Å². The lowest BCUT2D eigenvalue weighted by Gasteiger charge is -2.23. The number of nitrogens with one attached hydrogen (secondary N) is 1. The number of pyridine rings is 1. The number of nitrogens with two attached hydrogens (primary N) is 1. The Balaban J connectivity index is 2.96. The summed E-state index contributed by atoms with van der Waals surface area (Å²) in [5, 5.41) is 2.58. The zero-order valence-corrected chi connectivity index (χ0v) is 12.1. The Bertz CT molecular complexity index is 504. The van der Waals surface area contributed by atoms with Gasteiger partial charge in [-0.05, 0) is 6.07 Å².